The molecule has 2 unspecified atom stereocenters. The van der Waals surface area contributed by atoms with E-state index in [1.54, 1.807) is 0 Å². The standard InChI is InChI=1S/C13H18ClNO/c1-9(10-4-2-5-11(14)8-10)15-12-6-3-7-13(12)16/h2,4-5,8-9,12-13,15-16H,3,6-7H2,1H3/t9-,12?,13?/m1/s1. The van der Waals surface area contributed by atoms with Crippen molar-refractivity contribution < 1.29 is 5.11 Å². The predicted octanol–water partition coefficient (Wildman–Crippen LogP) is 2.90. The number of rotatable bonds is 3. The molecule has 88 valence electrons. The van der Waals surface area contributed by atoms with Crippen molar-refractivity contribution in [2.75, 3.05) is 0 Å². The molecule has 3 atom stereocenters. The number of benzene rings is 1. The monoisotopic (exact) mass is 239 g/mol. The van der Waals surface area contributed by atoms with Crippen LogP contribution in [0, 0.1) is 0 Å². The zero-order valence-electron chi connectivity index (χ0n) is 9.49. The Kier molecular flexibility index (Phi) is 3.85. The zero-order chi connectivity index (χ0) is 11.5. The first-order chi connectivity index (χ1) is 7.66. The van der Waals surface area contributed by atoms with E-state index in [2.05, 4.69) is 18.3 Å². The van der Waals surface area contributed by atoms with Crippen LogP contribution in [0.5, 0.6) is 0 Å². The van der Waals surface area contributed by atoms with Crippen LogP contribution in [-0.2, 0) is 0 Å². The van der Waals surface area contributed by atoms with Crippen LogP contribution < -0.4 is 5.32 Å². The number of aliphatic hydroxyl groups is 1. The lowest BCUT2D eigenvalue weighted by Crippen LogP contribution is -2.37. The number of hydrogen-bond donors (Lipinski definition) is 2. The third-order valence-electron chi connectivity index (χ3n) is 3.29. The number of nitrogens with one attached hydrogen (secondary N) is 1. The zero-order valence-corrected chi connectivity index (χ0v) is 10.2. The molecule has 1 aromatic rings. The lowest BCUT2D eigenvalue weighted by atomic mass is 10.1. The van der Waals surface area contributed by atoms with E-state index in [0.29, 0.717) is 0 Å². The minimum Gasteiger partial charge on any atom is -0.392 e. The molecule has 1 aliphatic carbocycles. The summed E-state index contributed by atoms with van der Waals surface area (Å²) >= 11 is 5.96. The maximum atomic E-state index is 9.75. The van der Waals surface area contributed by atoms with Gasteiger partial charge < -0.3 is 10.4 Å². The van der Waals surface area contributed by atoms with E-state index in [-0.39, 0.29) is 18.2 Å². The van der Waals surface area contributed by atoms with E-state index >= 15 is 0 Å². The second kappa shape index (κ2) is 5.17. The lowest BCUT2D eigenvalue weighted by molar-refractivity contribution is 0.144. The highest BCUT2D eigenvalue weighted by Crippen LogP contribution is 2.23. The second-order valence-electron chi connectivity index (χ2n) is 4.55. The summed E-state index contributed by atoms with van der Waals surface area (Å²) < 4.78 is 0. The smallest absolute Gasteiger partial charge is 0.0693 e. The Morgan fingerprint density at radius 1 is 1.44 bits per heavy atom. The number of aliphatic hydroxyl groups excluding tert-OH is 1. The minimum absolute atomic E-state index is 0.193. The van der Waals surface area contributed by atoms with Gasteiger partial charge in [0, 0.05) is 17.1 Å². The molecule has 1 fully saturated rings. The van der Waals surface area contributed by atoms with Gasteiger partial charge in [-0.05, 0) is 43.9 Å². The van der Waals surface area contributed by atoms with Crippen LogP contribution in [0.1, 0.15) is 37.8 Å². The van der Waals surface area contributed by atoms with Crippen LogP contribution in [0.3, 0.4) is 0 Å². The molecule has 0 spiro atoms. The fourth-order valence-electron chi connectivity index (χ4n) is 2.33. The average Bonchev–Trinajstić information content (AvgIpc) is 2.64. The van der Waals surface area contributed by atoms with Crippen molar-refractivity contribution in [2.45, 2.75) is 44.4 Å². The summed E-state index contributed by atoms with van der Waals surface area (Å²) in [5.41, 5.74) is 1.17. The van der Waals surface area contributed by atoms with Crippen LogP contribution in [-0.4, -0.2) is 17.3 Å². The Morgan fingerprint density at radius 3 is 2.88 bits per heavy atom. The molecule has 1 saturated carbocycles. The molecule has 3 heteroatoms. The van der Waals surface area contributed by atoms with Gasteiger partial charge in [0.15, 0.2) is 0 Å². The molecule has 0 radical (unpaired) electrons. The van der Waals surface area contributed by atoms with Gasteiger partial charge in [-0.1, -0.05) is 23.7 Å². The van der Waals surface area contributed by atoms with Crippen LogP contribution in [0.25, 0.3) is 0 Å². The summed E-state index contributed by atoms with van der Waals surface area (Å²) in [4.78, 5) is 0. The normalized spacial score (nSPS) is 26.9. The molecule has 1 aliphatic rings. The molecule has 0 saturated heterocycles. The van der Waals surface area contributed by atoms with Gasteiger partial charge >= 0.3 is 0 Å². The van der Waals surface area contributed by atoms with Crippen molar-refractivity contribution in [1.29, 1.82) is 0 Å². The fraction of sp³-hybridized carbons (Fsp3) is 0.538. The Bertz CT molecular complexity index is 356. The van der Waals surface area contributed by atoms with Gasteiger partial charge in [0.1, 0.15) is 0 Å². The fourth-order valence-corrected chi connectivity index (χ4v) is 2.53. The van der Waals surface area contributed by atoms with E-state index < -0.39 is 0 Å². The quantitative estimate of drug-likeness (QED) is 0.850. The van der Waals surface area contributed by atoms with Gasteiger partial charge in [0.2, 0.25) is 0 Å². The van der Waals surface area contributed by atoms with Crippen LogP contribution in [0.4, 0.5) is 0 Å². The topological polar surface area (TPSA) is 32.3 Å². The van der Waals surface area contributed by atoms with E-state index in [1.165, 1.54) is 5.56 Å². The summed E-state index contributed by atoms with van der Waals surface area (Å²) in [7, 11) is 0. The molecule has 2 N–H and O–H groups in total. The number of halogens is 1. The lowest BCUT2D eigenvalue weighted by Gasteiger charge is -2.22. The highest BCUT2D eigenvalue weighted by Gasteiger charge is 2.26. The molecule has 16 heavy (non-hydrogen) atoms. The van der Waals surface area contributed by atoms with Gasteiger partial charge in [0.05, 0.1) is 6.10 Å². The molecule has 1 aromatic carbocycles. The first-order valence-electron chi connectivity index (χ1n) is 5.86. The maximum Gasteiger partial charge on any atom is 0.0693 e. The molecule has 0 bridgehead atoms. The van der Waals surface area contributed by atoms with E-state index in [1.807, 2.05) is 18.2 Å². The van der Waals surface area contributed by atoms with Crippen molar-refractivity contribution in [3.05, 3.63) is 34.9 Å². The molecule has 0 amide bonds. The van der Waals surface area contributed by atoms with Crippen molar-refractivity contribution in [3.8, 4) is 0 Å². The molecule has 2 rings (SSSR count). The summed E-state index contributed by atoms with van der Waals surface area (Å²) in [6, 6.07) is 8.33. The first kappa shape index (κ1) is 11.9. The molecule has 2 nitrogen and oxygen atoms in total. The Hall–Kier alpha value is -0.570. The highest BCUT2D eigenvalue weighted by molar-refractivity contribution is 6.30. The van der Waals surface area contributed by atoms with Crippen molar-refractivity contribution >= 4 is 11.6 Å². The third kappa shape index (κ3) is 2.76. The molecular formula is C13H18ClNO. The van der Waals surface area contributed by atoms with Gasteiger partial charge in [-0.2, -0.15) is 0 Å². The van der Waals surface area contributed by atoms with Gasteiger partial charge in [-0.15, -0.1) is 0 Å². The molecular weight excluding hydrogens is 222 g/mol. The summed E-state index contributed by atoms with van der Waals surface area (Å²) in [6.07, 6.45) is 2.90. The Labute approximate surface area is 102 Å². The van der Waals surface area contributed by atoms with Crippen molar-refractivity contribution in [1.82, 2.24) is 5.32 Å². The van der Waals surface area contributed by atoms with Gasteiger partial charge in [-0.3, -0.25) is 0 Å². The summed E-state index contributed by atoms with van der Waals surface area (Å²) in [5, 5.41) is 14.0. The predicted molar refractivity (Wildman–Crippen MR) is 66.6 cm³/mol. The van der Waals surface area contributed by atoms with Gasteiger partial charge in [0.25, 0.3) is 0 Å². The first-order valence-corrected chi connectivity index (χ1v) is 6.24. The number of hydrogen-bond acceptors (Lipinski definition) is 2. The highest BCUT2D eigenvalue weighted by atomic mass is 35.5. The Balaban J connectivity index is 1.99. The van der Waals surface area contributed by atoms with E-state index in [0.717, 1.165) is 24.3 Å². The second-order valence-corrected chi connectivity index (χ2v) is 4.98. The summed E-state index contributed by atoms with van der Waals surface area (Å²) in [5.74, 6) is 0. The van der Waals surface area contributed by atoms with Crippen LogP contribution >= 0.6 is 11.6 Å². The maximum absolute atomic E-state index is 9.75. The summed E-state index contributed by atoms with van der Waals surface area (Å²) in [6.45, 7) is 2.11. The SMILES string of the molecule is C[C@@H](NC1CCCC1O)c1cccc(Cl)c1. The average molecular weight is 240 g/mol. The van der Waals surface area contributed by atoms with Crippen molar-refractivity contribution in [3.63, 3.8) is 0 Å². The molecule has 0 aliphatic heterocycles. The minimum atomic E-state index is -0.193. The van der Waals surface area contributed by atoms with Crippen LogP contribution in [0.2, 0.25) is 5.02 Å². The van der Waals surface area contributed by atoms with Gasteiger partial charge in [-0.25, -0.2) is 0 Å². The van der Waals surface area contributed by atoms with E-state index in [4.69, 9.17) is 11.6 Å². The van der Waals surface area contributed by atoms with Crippen LogP contribution in [0.15, 0.2) is 24.3 Å². The van der Waals surface area contributed by atoms with E-state index in [9.17, 15) is 5.11 Å². The molecule has 0 aromatic heterocycles. The third-order valence-corrected chi connectivity index (χ3v) is 3.53. The van der Waals surface area contributed by atoms with Crippen molar-refractivity contribution in [2.24, 2.45) is 0 Å². The Morgan fingerprint density at radius 2 is 2.25 bits per heavy atom. The molecule has 0 heterocycles. The largest absolute Gasteiger partial charge is 0.392 e.